The second-order valence-electron chi connectivity index (χ2n) is 6.56. The predicted octanol–water partition coefficient (Wildman–Crippen LogP) is 1.11. The van der Waals surface area contributed by atoms with E-state index in [0.29, 0.717) is 11.1 Å². The van der Waals surface area contributed by atoms with E-state index in [1.165, 1.54) is 4.57 Å². The van der Waals surface area contributed by atoms with Crippen molar-refractivity contribution >= 4 is 17.4 Å². The summed E-state index contributed by atoms with van der Waals surface area (Å²) in [5, 5.41) is 9.49. The standard InChI is InChI=1S/C21H22N4O4/c1-14-7-5-6-10-16(14)20(28)24(11-12-26)17-18(22)25(21(29)23-19(17)27)13-15-8-3-2-4-9-15/h2-10,26H,11-13,22H2,1H3,(H,23,27,29). The number of hydrogen-bond donors (Lipinski definition) is 3. The average Bonchev–Trinajstić information content (AvgIpc) is 2.71. The van der Waals surface area contributed by atoms with Crippen molar-refractivity contribution in [2.24, 2.45) is 0 Å². The third kappa shape index (κ3) is 4.12. The van der Waals surface area contributed by atoms with Gasteiger partial charge in [0.2, 0.25) is 0 Å². The number of carbonyl (C=O) groups is 1. The van der Waals surface area contributed by atoms with Crippen molar-refractivity contribution in [2.45, 2.75) is 13.5 Å². The first kappa shape index (κ1) is 20.1. The summed E-state index contributed by atoms with van der Waals surface area (Å²) in [6, 6.07) is 16.0. The lowest BCUT2D eigenvalue weighted by Gasteiger charge is -2.24. The summed E-state index contributed by atoms with van der Waals surface area (Å²) < 4.78 is 1.20. The number of nitrogens with zero attached hydrogens (tertiary/aromatic N) is 2. The zero-order valence-corrected chi connectivity index (χ0v) is 16.0. The van der Waals surface area contributed by atoms with Gasteiger partial charge in [0.05, 0.1) is 13.2 Å². The van der Waals surface area contributed by atoms with Crippen LogP contribution in [0.2, 0.25) is 0 Å². The number of aliphatic hydroxyl groups is 1. The molecule has 0 fully saturated rings. The molecule has 1 heterocycles. The average molecular weight is 394 g/mol. The minimum atomic E-state index is -0.785. The Hall–Kier alpha value is -3.65. The van der Waals surface area contributed by atoms with E-state index >= 15 is 0 Å². The molecule has 0 atom stereocenters. The monoisotopic (exact) mass is 394 g/mol. The van der Waals surface area contributed by atoms with E-state index in [1.807, 2.05) is 30.3 Å². The van der Waals surface area contributed by atoms with Crippen molar-refractivity contribution in [3.8, 4) is 0 Å². The molecule has 8 heteroatoms. The summed E-state index contributed by atoms with van der Waals surface area (Å²) in [5.74, 6) is -0.628. The minimum absolute atomic E-state index is 0.126. The first-order chi connectivity index (χ1) is 13.9. The summed E-state index contributed by atoms with van der Waals surface area (Å²) in [4.78, 5) is 41.4. The van der Waals surface area contributed by atoms with E-state index in [-0.39, 0.29) is 31.2 Å². The number of amides is 1. The molecule has 0 bridgehead atoms. The Bertz CT molecular complexity index is 1140. The maximum atomic E-state index is 13.1. The number of aromatic amines is 1. The largest absolute Gasteiger partial charge is 0.395 e. The van der Waals surface area contributed by atoms with Crippen molar-refractivity contribution in [2.75, 3.05) is 23.8 Å². The molecule has 0 aliphatic carbocycles. The molecule has 3 aromatic rings. The quantitative estimate of drug-likeness (QED) is 0.578. The van der Waals surface area contributed by atoms with Gasteiger partial charge in [-0.2, -0.15) is 0 Å². The van der Waals surface area contributed by atoms with Crippen LogP contribution in [0.15, 0.2) is 64.2 Å². The van der Waals surface area contributed by atoms with Crippen molar-refractivity contribution in [1.29, 1.82) is 0 Å². The molecule has 29 heavy (non-hydrogen) atoms. The summed E-state index contributed by atoms with van der Waals surface area (Å²) >= 11 is 0. The number of carbonyl (C=O) groups excluding carboxylic acids is 1. The molecule has 0 aliphatic heterocycles. The van der Waals surface area contributed by atoms with Crippen LogP contribution in [-0.2, 0) is 6.54 Å². The minimum Gasteiger partial charge on any atom is -0.395 e. The Balaban J connectivity index is 2.12. The zero-order valence-electron chi connectivity index (χ0n) is 16.0. The number of nitrogens with one attached hydrogen (secondary N) is 1. The first-order valence-electron chi connectivity index (χ1n) is 9.09. The Morgan fingerprint density at radius 1 is 1.10 bits per heavy atom. The van der Waals surface area contributed by atoms with E-state index in [2.05, 4.69) is 4.98 Å². The highest BCUT2D eigenvalue weighted by Crippen LogP contribution is 2.21. The number of aliphatic hydroxyl groups excluding tert-OH is 1. The number of aromatic nitrogens is 2. The number of benzene rings is 2. The highest BCUT2D eigenvalue weighted by molar-refractivity contribution is 6.08. The third-order valence-electron chi connectivity index (χ3n) is 4.61. The summed E-state index contributed by atoms with van der Waals surface area (Å²) in [7, 11) is 0. The molecule has 0 aliphatic rings. The summed E-state index contributed by atoms with van der Waals surface area (Å²) in [6.45, 7) is 1.37. The van der Waals surface area contributed by atoms with E-state index in [9.17, 15) is 19.5 Å². The topological polar surface area (TPSA) is 121 Å². The highest BCUT2D eigenvalue weighted by atomic mass is 16.3. The van der Waals surface area contributed by atoms with Crippen LogP contribution in [0, 0.1) is 6.92 Å². The van der Waals surface area contributed by atoms with Crippen LogP contribution in [0.4, 0.5) is 11.5 Å². The Labute approximate surface area is 166 Å². The van der Waals surface area contributed by atoms with Gasteiger partial charge >= 0.3 is 5.69 Å². The molecule has 0 spiro atoms. The van der Waals surface area contributed by atoms with Gasteiger partial charge in [-0.15, -0.1) is 0 Å². The molecule has 0 unspecified atom stereocenters. The van der Waals surface area contributed by atoms with Crippen molar-refractivity contribution in [3.05, 3.63) is 92.1 Å². The van der Waals surface area contributed by atoms with Crippen molar-refractivity contribution in [3.63, 3.8) is 0 Å². The van der Waals surface area contributed by atoms with Gasteiger partial charge in [-0.3, -0.25) is 24.0 Å². The third-order valence-corrected chi connectivity index (χ3v) is 4.61. The molecule has 0 saturated carbocycles. The zero-order chi connectivity index (χ0) is 21.0. The predicted molar refractivity (Wildman–Crippen MR) is 111 cm³/mol. The summed E-state index contributed by atoms with van der Waals surface area (Å²) in [6.07, 6.45) is 0. The van der Waals surface area contributed by atoms with E-state index in [1.54, 1.807) is 31.2 Å². The molecule has 150 valence electrons. The maximum absolute atomic E-state index is 13.1. The number of H-pyrrole nitrogens is 1. The smallest absolute Gasteiger partial charge is 0.330 e. The molecule has 2 aromatic carbocycles. The number of hydrogen-bond acceptors (Lipinski definition) is 5. The van der Waals surface area contributed by atoms with Gasteiger partial charge in [0.15, 0.2) is 5.69 Å². The lowest BCUT2D eigenvalue weighted by Crippen LogP contribution is -2.42. The van der Waals surface area contributed by atoms with Crippen LogP contribution in [0.5, 0.6) is 0 Å². The Morgan fingerprint density at radius 3 is 2.41 bits per heavy atom. The normalized spacial score (nSPS) is 10.7. The maximum Gasteiger partial charge on any atom is 0.330 e. The Morgan fingerprint density at radius 2 is 1.76 bits per heavy atom. The molecular weight excluding hydrogens is 372 g/mol. The van der Waals surface area contributed by atoms with Crippen LogP contribution >= 0.6 is 0 Å². The lowest BCUT2D eigenvalue weighted by molar-refractivity contribution is 0.0980. The molecule has 3 rings (SSSR count). The Kier molecular flexibility index (Phi) is 5.94. The van der Waals surface area contributed by atoms with Crippen LogP contribution < -0.4 is 21.9 Å². The van der Waals surface area contributed by atoms with Gasteiger partial charge in [-0.1, -0.05) is 48.5 Å². The van der Waals surface area contributed by atoms with Crippen LogP contribution in [0.3, 0.4) is 0 Å². The van der Waals surface area contributed by atoms with Gasteiger partial charge in [0, 0.05) is 12.1 Å². The van der Waals surface area contributed by atoms with E-state index in [4.69, 9.17) is 5.73 Å². The number of rotatable bonds is 6. The molecule has 0 saturated heterocycles. The lowest BCUT2D eigenvalue weighted by atomic mass is 10.1. The number of nitrogens with two attached hydrogens (primary N) is 1. The fraction of sp³-hybridized carbons (Fsp3) is 0.190. The number of aryl methyl sites for hydroxylation is 1. The molecule has 8 nitrogen and oxygen atoms in total. The first-order valence-corrected chi connectivity index (χ1v) is 9.09. The second-order valence-corrected chi connectivity index (χ2v) is 6.56. The highest BCUT2D eigenvalue weighted by Gasteiger charge is 2.25. The van der Waals surface area contributed by atoms with Gasteiger partial charge in [-0.05, 0) is 24.1 Å². The van der Waals surface area contributed by atoms with Gasteiger partial charge in [0.25, 0.3) is 11.5 Å². The number of nitrogen functional groups attached to an aromatic ring is 1. The van der Waals surface area contributed by atoms with E-state index in [0.717, 1.165) is 10.5 Å². The fourth-order valence-corrected chi connectivity index (χ4v) is 3.13. The molecule has 1 aromatic heterocycles. The van der Waals surface area contributed by atoms with E-state index < -0.39 is 17.2 Å². The number of anilines is 2. The SMILES string of the molecule is Cc1ccccc1C(=O)N(CCO)c1c(N)n(Cc2ccccc2)c(=O)[nH]c1=O. The van der Waals surface area contributed by atoms with Crippen LogP contribution in [-0.4, -0.2) is 33.7 Å². The molecule has 0 radical (unpaired) electrons. The van der Waals surface area contributed by atoms with Crippen molar-refractivity contribution < 1.29 is 9.90 Å². The summed E-state index contributed by atoms with van der Waals surface area (Å²) in [5.41, 5.74) is 6.46. The fourth-order valence-electron chi connectivity index (χ4n) is 3.13. The molecular formula is C21H22N4O4. The van der Waals surface area contributed by atoms with Crippen LogP contribution in [0.25, 0.3) is 0 Å². The van der Waals surface area contributed by atoms with Gasteiger partial charge in [0.1, 0.15) is 5.82 Å². The second kappa shape index (κ2) is 8.57. The molecule has 4 N–H and O–H groups in total. The van der Waals surface area contributed by atoms with Crippen molar-refractivity contribution in [1.82, 2.24) is 9.55 Å². The molecule has 1 amide bonds. The van der Waals surface area contributed by atoms with Crippen LogP contribution in [0.1, 0.15) is 21.5 Å². The van der Waals surface area contributed by atoms with Gasteiger partial charge in [-0.25, -0.2) is 4.79 Å². The van der Waals surface area contributed by atoms with Gasteiger partial charge < -0.3 is 10.8 Å².